The first-order chi connectivity index (χ1) is 17.3. The SMILES string of the molecule is C[C@H](NC(=O)CNC(=O)[C@@H]1[C@H](C)CCN1C(=O)[C@H](C)NC(=O)OCc1ccccc1)C(=O)OC(C)(C)C. The Bertz CT molecular complexity index is 977. The first kappa shape index (κ1) is 29.6. The largest absolute Gasteiger partial charge is 0.458 e. The van der Waals surface area contributed by atoms with E-state index in [1.54, 1.807) is 20.8 Å². The molecule has 1 aliphatic rings. The van der Waals surface area contributed by atoms with Crippen LogP contribution in [0, 0.1) is 5.92 Å². The van der Waals surface area contributed by atoms with Crippen LogP contribution in [0.15, 0.2) is 30.3 Å². The monoisotopic (exact) mass is 518 g/mol. The lowest BCUT2D eigenvalue weighted by Gasteiger charge is -2.28. The molecule has 0 saturated carbocycles. The Labute approximate surface area is 217 Å². The number of nitrogens with one attached hydrogen (secondary N) is 3. The molecular formula is C26H38N4O7. The molecule has 37 heavy (non-hydrogen) atoms. The van der Waals surface area contributed by atoms with E-state index in [0.29, 0.717) is 13.0 Å². The van der Waals surface area contributed by atoms with Crippen LogP contribution in [-0.4, -0.2) is 71.5 Å². The molecule has 1 heterocycles. The molecule has 0 aliphatic carbocycles. The molecule has 0 spiro atoms. The van der Waals surface area contributed by atoms with Crippen molar-refractivity contribution in [1.29, 1.82) is 0 Å². The normalized spacial score (nSPS) is 18.8. The zero-order valence-electron chi connectivity index (χ0n) is 22.3. The third-order valence-electron chi connectivity index (χ3n) is 5.73. The van der Waals surface area contributed by atoms with Gasteiger partial charge < -0.3 is 30.3 Å². The van der Waals surface area contributed by atoms with Crippen LogP contribution in [0.4, 0.5) is 4.79 Å². The number of ether oxygens (including phenoxy) is 2. The van der Waals surface area contributed by atoms with Crippen molar-refractivity contribution in [3.05, 3.63) is 35.9 Å². The standard InChI is InChI=1S/C26H38N4O7/c1-16-12-13-30(23(33)17(2)29-25(35)36-15-19-10-8-7-9-11-19)21(16)22(32)27-14-20(31)28-18(3)24(34)37-26(4,5)6/h7-11,16-18,21H,12-15H2,1-6H3,(H,27,32)(H,28,31)(H,29,35)/t16-,17+,18+,21+/m1/s1. The predicted molar refractivity (Wildman–Crippen MR) is 135 cm³/mol. The van der Waals surface area contributed by atoms with Crippen molar-refractivity contribution in [3.8, 4) is 0 Å². The van der Waals surface area contributed by atoms with Crippen molar-refractivity contribution in [1.82, 2.24) is 20.9 Å². The highest BCUT2D eigenvalue weighted by molar-refractivity contribution is 5.94. The summed E-state index contributed by atoms with van der Waals surface area (Å²) in [4.78, 5) is 63.8. The topological polar surface area (TPSA) is 143 Å². The fourth-order valence-corrected chi connectivity index (χ4v) is 3.86. The number of hydrogen-bond acceptors (Lipinski definition) is 7. The molecule has 0 unspecified atom stereocenters. The Hall–Kier alpha value is -3.63. The van der Waals surface area contributed by atoms with E-state index in [2.05, 4.69) is 16.0 Å². The lowest BCUT2D eigenvalue weighted by molar-refractivity contribution is -0.158. The first-order valence-corrected chi connectivity index (χ1v) is 12.4. The Kier molecular flexibility index (Phi) is 10.5. The summed E-state index contributed by atoms with van der Waals surface area (Å²) in [5.41, 5.74) is 0.120. The van der Waals surface area contributed by atoms with Crippen LogP contribution < -0.4 is 16.0 Å². The number of alkyl carbamates (subject to hydrolysis) is 1. The van der Waals surface area contributed by atoms with Crippen molar-refractivity contribution in [2.75, 3.05) is 13.1 Å². The summed E-state index contributed by atoms with van der Waals surface area (Å²) in [6.45, 7) is 10.1. The summed E-state index contributed by atoms with van der Waals surface area (Å²) in [5, 5.41) is 7.54. The van der Waals surface area contributed by atoms with Gasteiger partial charge in [-0.25, -0.2) is 9.59 Å². The molecule has 11 nitrogen and oxygen atoms in total. The lowest BCUT2D eigenvalue weighted by atomic mass is 10.0. The molecule has 1 aliphatic heterocycles. The summed E-state index contributed by atoms with van der Waals surface area (Å²) >= 11 is 0. The zero-order chi connectivity index (χ0) is 27.8. The van der Waals surface area contributed by atoms with E-state index < -0.39 is 53.5 Å². The predicted octanol–water partition coefficient (Wildman–Crippen LogP) is 1.50. The van der Waals surface area contributed by atoms with E-state index in [1.165, 1.54) is 18.7 Å². The van der Waals surface area contributed by atoms with Crippen LogP contribution >= 0.6 is 0 Å². The van der Waals surface area contributed by atoms with Gasteiger partial charge in [0.2, 0.25) is 17.7 Å². The van der Waals surface area contributed by atoms with E-state index >= 15 is 0 Å². The van der Waals surface area contributed by atoms with Crippen molar-refractivity contribution in [3.63, 3.8) is 0 Å². The summed E-state index contributed by atoms with van der Waals surface area (Å²) in [5.74, 6) is -2.21. The highest BCUT2D eigenvalue weighted by atomic mass is 16.6. The molecule has 1 aromatic carbocycles. The minimum absolute atomic E-state index is 0.0635. The van der Waals surface area contributed by atoms with Gasteiger partial charge in [0.15, 0.2) is 0 Å². The Morgan fingerprint density at radius 1 is 1.03 bits per heavy atom. The van der Waals surface area contributed by atoms with E-state index in [0.717, 1.165) is 5.56 Å². The van der Waals surface area contributed by atoms with Crippen LogP contribution in [0.25, 0.3) is 0 Å². The number of nitrogens with zero attached hydrogens (tertiary/aromatic N) is 1. The van der Waals surface area contributed by atoms with Gasteiger partial charge in [-0.3, -0.25) is 14.4 Å². The van der Waals surface area contributed by atoms with Crippen LogP contribution in [-0.2, 0) is 35.3 Å². The van der Waals surface area contributed by atoms with Gasteiger partial charge in [-0.15, -0.1) is 0 Å². The van der Waals surface area contributed by atoms with Crippen molar-refractivity contribution >= 4 is 29.8 Å². The number of amides is 4. The van der Waals surface area contributed by atoms with E-state index in [9.17, 15) is 24.0 Å². The molecule has 1 aromatic rings. The summed E-state index contributed by atoms with van der Waals surface area (Å²) in [6, 6.07) is 6.53. The molecule has 0 radical (unpaired) electrons. The summed E-state index contributed by atoms with van der Waals surface area (Å²) in [7, 11) is 0. The van der Waals surface area contributed by atoms with Gasteiger partial charge in [-0.1, -0.05) is 37.3 Å². The second-order valence-corrected chi connectivity index (χ2v) is 10.2. The van der Waals surface area contributed by atoms with Gasteiger partial charge in [-0.2, -0.15) is 0 Å². The average Bonchev–Trinajstić information content (AvgIpc) is 3.21. The maximum Gasteiger partial charge on any atom is 0.408 e. The zero-order valence-corrected chi connectivity index (χ0v) is 22.3. The molecule has 11 heteroatoms. The van der Waals surface area contributed by atoms with E-state index in [4.69, 9.17) is 9.47 Å². The maximum atomic E-state index is 13.0. The highest BCUT2D eigenvalue weighted by Gasteiger charge is 2.41. The molecule has 4 atom stereocenters. The number of hydrogen-bond donors (Lipinski definition) is 3. The fourth-order valence-electron chi connectivity index (χ4n) is 3.86. The van der Waals surface area contributed by atoms with Crippen LogP contribution in [0.2, 0.25) is 0 Å². The van der Waals surface area contributed by atoms with Crippen LogP contribution in [0.3, 0.4) is 0 Å². The number of carbonyl (C=O) groups excluding carboxylic acids is 5. The van der Waals surface area contributed by atoms with E-state index in [-0.39, 0.29) is 19.1 Å². The number of rotatable bonds is 9. The number of benzene rings is 1. The summed E-state index contributed by atoms with van der Waals surface area (Å²) < 4.78 is 10.4. The van der Waals surface area contributed by atoms with Gasteiger partial charge in [0, 0.05) is 6.54 Å². The van der Waals surface area contributed by atoms with Gasteiger partial charge in [-0.05, 0) is 52.5 Å². The molecule has 1 fully saturated rings. The van der Waals surface area contributed by atoms with Crippen molar-refractivity contribution in [2.24, 2.45) is 5.92 Å². The molecule has 3 N–H and O–H groups in total. The molecule has 0 aromatic heterocycles. The third-order valence-corrected chi connectivity index (χ3v) is 5.73. The average molecular weight is 519 g/mol. The first-order valence-electron chi connectivity index (χ1n) is 12.4. The second-order valence-electron chi connectivity index (χ2n) is 10.2. The Morgan fingerprint density at radius 3 is 2.30 bits per heavy atom. The fraction of sp³-hybridized carbons (Fsp3) is 0.577. The number of carbonyl (C=O) groups is 5. The van der Waals surface area contributed by atoms with Gasteiger partial charge >= 0.3 is 12.1 Å². The van der Waals surface area contributed by atoms with Crippen LogP contribution in [0.5, 0.6) is 0 Å². The minimum Gasteiger partial charge on any atom is -0.458 e. The van der Waals surface area contributed by atoms with Crippen molar-refractivity contribution in [2.45, 2.75) is 78.3 Å². The molecule has 2 rings (SSSR count). The Morgan fingerprint density at radius 2 is 1.68 bits per heavy atom. The second kappa shape index (κ2) is 13.1. The number of likely N-dealkylation sites (tertiary alicyclic amines) is 1. The molecule has 0 bridgehead atoms. The highest BCUT2D eigenvalue weighted by Crippen LogP contribution is 2.25. The minimum atomic E-state index is -0.915. The smallest absolute Gasteiger partial charge is 0.408 e. The summed E-state index contributed by atoms with van der Waals surface area (Å²) in [6.07, 6.45) is -0.148. The van der Waals surface area contributed by atoms with Gasteiger partial charge in [0.05, 0.1) is 6.54 Å². The molecule has 204 valence electrons. The molecule has 1 saturated heterocycles. The number of esters is 1. The van der Waals surface area contributed by atoms with Gasteiger partial charge in [0.1, 0.15) is 30.3 Å². The molecule has 4 amide bonds. The Balaban J connectivity index is 1.86. The lowest BCUT2D eigenvalue weighted by Crippen LogP contribution is -2.55. The van der Waals surface area contributed by atoms with Crippen molar-refractivity contribution < 1.29 is 33.4 Å². The van der Waals surface area contributed by atoms with Crippen LogP contribution in [0.1, 0.15) is 53.5 Å². The molecular weight excluding hydrogens is 480 g/mol. The van der Waals surface area contributed by atoms with Gasteiger partial charge in [0.25, 0.3) is 0 Å². The third kappa shape index (κ3) is 9.40. The maximum absolute atomic E-state index is 13.0. The van der Waals surface area contributed by atoms with E-state index in [1.807, 2.05) is 37.3 Å². The quantitative estimate of drug-likeness (QED) is 0.421.